The molecule has 1 saturated carbocycles. The van der Waals surface area contributed by atoms with E-state index in [9.17, 15) is 18.8 Å². The first-order valence-corrected chi connectivity index (χ1v) is 8.11. The molecule has 0 unspecified atom stereocenters. The van der Waals surface area contributed by atoms with E-state index >= 15 is 0 Å². The van der Waals surface area contributed by atoms with Gasteiger partial charge in [0.25, 0.3) is 5.91 Å². The first-order chi connectivity index (χ1) is 11.4. The van der Waals surface area contributed by atoms with Crippen molar-refractivity contribution < 1.29 is 18.8 Å². The van der Waals surface area contributed by atoms with Crippen LogP contribution in [0.5, 0.6) is 0 Å². The predicted octanol–water partition coefficient (Wildman–Crippen LogP) is 2.33. The Hall–Kier alpha value is -2.44. The Morgan fingerprint density at radius 1 is 1.33 bits per heavy atom. The first kappa shape index (κ1) is 16.4. The van der Waals surface area contributed by atoms with Crippen molar-refractivity contribution in [2.75, 3.05) is 11.9 Å². The highest BCUT2D eigenvalue weighted by Crippen LogP contribution is 2.35. The first-order valence-electron chi connectivity index (χ1n) is 8.11. The van der Waals surface area contributed by atoms with Gasteiger partial charge in [-0.3, -0.25) is 14.5 Å². The highest BCUT2D eigenvalue weighted by atomic mass is 19.1. The summed E-state index contributed by atoms with van der Waals surface area (Å²) >= 11 is 0. The highest BCUT2D eigenvalue weighted by Gasteiger charge is 2.52. The molecule has 7 heteroatoms. The van der Waals surface area contributed by atoms with Crippen LogP contribution in [0.3, 0.4) is 0 Å². The summed E-state index contributed by atoms with van der Waals surface area (Å²) in [6.07, 6.45) is 3.05. The summed E-state index contributed by atoms with van der Waals surface area (Å²) in [5.74, 6) is -1.21. The lowest BCUT2D eigenvalue weighted by atomic mass is 9.98. The number of carbonyl (C=O) groups excluding carboxylic acids is 3. The fraction of sp³-hybridized carbons (Fsp3) is 0.471. The maximum Gasteiger partial charge on any atom is 0.325 e. The molecule has 2 fully saturated rings. The summed E-state index contributed by atoms with van der Waals surface area (Å²) in [5.41, 5.74) is 0.157. The van der Waals surface area contributed by atoms with Crippen LogP contribution in [-0.2, 0) is 9.59 Å². The highest BCUT2D eigenvalue weighted by molar-refractivity contribution is 6.07. The van der Waals surface area contributed by atoms with Crippen molar-refractivity contribution in [3.63, 3.8) is 0 Å². The van der Waals surface area contributed by atoms with Crippen molar-refractivity contribution in [1.82, 2.24) is 10.2 Å². The molecule has 1 heterocycles. The van der Waals surface area contributed by atoms with Gasteiger partial charge in [-0.1, -0.05) is 18.9 Å². The standard InChI is InChI=1S/C17H20FN3O3/c1-11-4-5-12(18)13(10-11)19-14(22)6-9-21-15(23)17(20-16(21)24)7-2-3-8-17/h4-5,10H,2-3,6-9H2,1H3,(H,19,22)(H,20,24). The molecule has 3 rings (SSSR count). The number of benzene rings is 1. The van der Waals surface area contributed by atoms with Gasteiger partial charge < -0.3 is 10.6 Å². The molecular formula is C17H20FN3O3. The van der Waals surface area contributed by atoms with Gasteiger partial charge in [-0.25, -0.2) is 9.18 Å². The Morgan fingerprint density at radius 3 is 2.75 bits per heavy atom. The van der Waals surface area contributed by atoms with Gasteiger partial charge in [-0.05, 0) is 37.5 Å². The lowest BCUT2D eigenvalue weighted by Crippen LogP contribution is -2.44. The monoisotopic (exact) mass is 333 g/mol. The molecule has 0 aromatic heterocycles. The summed E-state index contributed by atoms with van der Waals surface area (Å²) in [6, 6.07) is 3.98. The van der Waals surface area contributed by atoms with E-state index < -0.39 is 23.3 Å². The quantitative estimate of drug-likeness (QED) is 0.830. The van der Waals surface area contributed by atoms with Crippen molar-refractivity contribution in [2.45, 2.75) is 44.6 Å². The molecule has 1 aliphatic heterocycles. The number of carbonyl (C=O) groups is 3. The van der Waals surface area contributed by atoms with Gasteiger partial charge in [0.1, 0.15) is 11.4 Å². The molecule has 0 bridgehead atoms. The Bertz CT molecular complexity index is 698. The Kier molecular flexibility index (Phi) is 4.26. The molecule has 1 aromatic rings. The maximum absolute atomic E-state index is 13.7. The number of nitrogens with one attached hydrogen (secondary N) is 2. The van der Waals surface area contributed by atoms with Crippen LogP contribution in [0, 0.1) is 12.7 Å². The summed E-state index contributed by atoms with van der Waals surface area (Å²) in [5, 5.41) is 5.25. The third kappa shape index (κ3) is 2.98. The van der Waals surface area contributed by atoms with E-state index in [1.165, 1.54) is 12.1 Å². The third-order valence-corrected chi connectivity index (χ3v) is 4.66. The minimum atomic E-state index is -0.768. The zero-order chi connectivity index (χ0) is 17.3. The molecule has 1 spiro atoms. The third-order valence-electron chi connectivity index (χ3n) is 4.66. The number of hydrogen-bond donors (Lipinski definition) is 2. The molecule has 128 valence electrons. The zero-order valence-electron chi connectivity index (χ0n) is 13.5. The van der Waals surface area contributed by atoms with E-state index in [0.29, 0.717) is 12.8 Å². The Labute approximate surface area is 139 Å². The molecule has 1 saturated heterocycles. The van der Waals surface area contributed by atoms with E-state index in [1.54, 1.807) is 13.0 Å². The molecule has 2 N–H and O–H groups in total. The molecule has 0 atom stereocenters. The summed E-state index contributed by atoms with van der Waals surface area (Å²) in [7, 11) is 0. The van der Waals surface area contributed by atoms with E-state index in [-0.39, 0.29) is 24.6 Å². The van der Waals surface area contributed by atoms with Gasteiger partial charge in [0, 0.05) is 13.0 Å². The van der Waals surface area contributed by atoms with Crippen LogP contribution in [0.4, 0.5) is 14.9 Å². The fourth-order valence-corrected chi connectivity index (χ4v) is 3.36. The van der Waals surface area contributed by atoms with Gasteiger partial charge in [0.15, 0.2) is 0 Å². The van der Waals surface area contributed by atoms with Crippen LogP contribution in [0.1, 0.15) is 37.7 Å². The topological polar surface area (TPSA) is 78.5 Å². The van der Waals surface area contributed by atoms with Gasteiger partial charge in [0.2, 0.25) is 5.91 Å². The maximum atomic E-state index is 13.7. The molecule has 0 radical (unpaired) electrons. The van der Waals surface area contributed by atoms with Crippen LogP contribution in [0.2, 0.25) is 0 Å². The van der Waals surface area contributed by atoms with Crippen LogP contribution < -0.4 is 10.6 Å². The lowest BCUT2D eigenvalue weighted by molar-refractivity contribution is -0.131. The largest absolute Gasteiger partial charge is 0.325 e. The second-order valence-electron chi connectivity index (χ2n) is 6.46. The molecule has 4 amide bonds. The molecule has 2 aliphatic rings. The van der Waals surface area contributed by atoms with Gasteiger partial charge in [-0.15, -0.1) is 0 Å². The average molecular weight is 333 g/mol. The lowest BCUT2D eigenvalue weighted by Gasteiger charge is -2.19. The van der Waals surface area contributed by atoms with Crippen molar-refractivity contribution >= 4 is 23.5 Å². The number of rotatable bonds is 4. The van der Waals surface area contributed by atoms with E-state index in [0.717, 1.165) is 23.3 Å². The van der Waals surface area contributed by atoms with Crippen molar-refractivity contribution in [1.29, 1.82) is 0 Å². The number of aryl methyl sites for hydroxylation is 1. The number of anilines is 1. The minimum Gasteiger partial charge on any atom is -0.324 e. The number of imide groups is 1. The molecule has 1 aliphatic carbocycles. The van der Waals surface area contributed by atoms with Crippen LogP contribution in [0.15, 0.2) is 18.2 Å². The van der Waals surface area contributed by atoms with Crippen molar-refractivity contribution in [3.8, 4) is 0 Å². The van der Waals surface area contributed by atoms with Crippen LogP contribution >= 0.6 is 0 Å². The van der Waals surface area contributed by atoms with Gasteiger partial charge in [-0.2, -0.15) is 0 Å². The summed E-state index contributed by atoms with van der Waals surface area (Å²) in [6.45, 7) is 1.79. The number of urea groups is 1. The van der Waals surface area contributed by atoms with Crippen molar-refractivity contribution in [2.24, 2.45) is 0 Å². The summed E-state index contributed by atoms with van der Waals surface area (Å²) in [4.78, 5) is 37.6. The van der Waals surface area contributed by atoms with E-state index in [2.05, 4.69) is 10.6 Å². The van der Waals surface area contributed by atoms with Crippen molar-refractivity contribution in [3.05, 3.63) is 29.6 Å². The summed E-state index contributed by atoms with van der Waals surface area (Å²) < 4.78 is 13.7. The smallest absolute Gasteiger partial charge is 0.324 e. The molecular weight excluding hydrogens is 313 g/mol. The molecule has 6 nitrogen and oxygen atoms in total. The van der Waals surface area contributed by atoms with E-state index in [1.807, 2.05) is 0 Å². The van der Waals surface area contributed by atoms with E-state index in [4.69, 9.17) is 0 Å². The second-order valence-corrected chi connectivity index (χ2v) is 6.46. The van der Waals surface area contributed by atoms with Crippen LogP contribution in [-0.4, -0.2) is 34.8 Å². The second kappa shape index (κ2) is 6.22. The molecule has 24 heavy (non-hydrogen) atoms. The average Bonchev–Trinajstić information content (AvgIpc) is 3.08. The Morgan fingerprint density at radius 2 is 2.04 bits per heavy atom. The SMILES string of the molecule is Cc1ccc(F)c(NC(=O)CCN2C(=O)NC3(CCCC3)C2=O)c1. The Balaban J connectivity index is 1.59. The fourth-order valence-electron chi connectivity index (χ4n) is 3.36. The number of halogens is 1. The van der Waals surface area contributed by atoms with Gasteiger partial charge >= 0.3 is 6.03 Å². The van der Waals surface area contributed by atoms with Crippen LogP contribution in [0.25, 0.3) is 0 Å². The minimum absolute atomic E-state index is 0.00825. The van der Waals surface area contributed by atoms with Gasteiger partial charge in [0.05, 0.1) is 5.69 Å². The number of hydrogen-bond acceptors (Lipinski definition) is 3. The molecule has 1 aromatic carbocycles. The zero-order valence-corrected chi connectivity index (χ0v) is 13.5. The normalized spacial score (nSPS) is 19.0. The number of amides is 4. The predicted molar refractivity (Wildman–Crippen MR) is 85.8 cm³/mol. The number of nitrogens with zero attached hydrogens (tertiary/aromatic N) is 1.